The number of esters is 1. The molecule has 270 valence electrons. The molecule has 49 heavy (non-hydrogen) atoms. The van der Waals surface area contributed by atoms with Crippen LogP contribution in [0.1, 0.15) is 73.1 Å². The Labute approximate surface area is 296 Å². The molecule has 3 N–H and O–H groups in total. The van der Waals surface area contributed by atoms with Gasteiger partial charge in [-0.3, -0.25) is 28.8 Å². The number of ketones is 1. The SMILES string of the molecule is CC[C@@](C)(OC(=O)CCCCCSC(C)=O)C(=O)[C@H](Cc1ccccc1)NC(=O)[C@H](COC)NC(=O)[C@H](COC)NC(=O)c1cnc(C)s1. The summed E-state index contributed by atoms with van der Waals surface area (Å²) < 4.78 is 16.1. The Morgan fingerprint density at radius 1 is 0.898 bits per heavy atom. The molecule has 2 aromatic rings. The monoisotopic (exact) mass is 720 g/mol. The molecule has 15 heteroatoms. The van der Waals surface area contributed by atoms with Gasteiger partial charge in [0.15, 0.2) is 16.5 Å². The Bertz CT molecular complexity index is 1400. The molecule has 2 rings (SSSR count). The van der Waals surface area contributed by atoms with Crippen LogP contribution in [0.4, 0.5) is 0 Å². The number of benzene rings is 1. The molecule has 0 spiro atoms. The molecule has 4 atom stereocenters. The number of nitrogens with zero attached hydrogens (tertiary/aromatic N) is 1. The van der Waals surface area contributed by atoms with Gasteiger partial charge in [-0.05, 0) is 45.1 Å². The van der Waals surface area contributed by atoms with Crippen LogP contribution in [0.25, 0.3) is 0 Å². The molecule has 0 aliphatic carbocycles. The number of thioether (sulfide) groups is 1. The third-order valence-corrected chi connectivity index (χ3v) is 9.36. The minimum Gasteiger partial charge on any atom is -0.451 e. The molecule has 0 aliphatic rings. The molecule has 0 radical (unpaired) electrons. The lowest BCUT2D eigenvalue weighted by atomic mass is 9.88. The van der Waals surface area contributed by atoms with Crippen LogP contribution in [0.2, 0.25) is 0 Å². The van der Waals surface area contributed by atoms with Gasteiger partial charge in [-0.1, -0.05) is 55.4 Å². The summed E-state index contributed by atoms with van der Waals surface area (Å²) in [4.78, 5) is 82.2. The molecule has 13 nitrogen and oxygen atoms in total. The molecule has 0 aliphatic heterocycles. The van der Waals surface area contributed by atoms with Crippen molar-refractivity contribution < 1.29 is 43.0 Å². The molecule has 0 bridgehead atoms. The first kappa shape index (κ1) is 41.5. The fourth-order valence-corrected chi connectivity index (χ4v) is 6.05. The second-order valence-electron chi connectivity index (χ2n) is 11.6. The van der Waals surface area contributed by atoms with Gasteiger partial charge in [-0.2, -0.15) is 0 Å². The molecule has 3 amide bonds. The van der Waals surface area contributed by atoms with Crippen molar-refractivity contribution in [3.8, 4) is 0 Å². The van der Waals surface area contributed by atoms with E-state index < -0.39 is 53.2 Å². The van der Waals surface area contributed by atoms with Crippen molar-refractivity contribution in [2.45, 2.75) is 89.9 Å². The highest BCUT2D eigenvalue weighted by atomic mass is 32.2. The third-order valence-electron chi connectivity index (χ3n) is 7.55. The standard InChI is InChI=1S/C34H48N4O9S2/c1-7-34(4,47-29(40)16-12-9-13-17-48-23(3)39)30(41)25(18-24-14-10-8-11-15-24)36-31(42)26(20-45-5)37-32(43)27(21-46-6)38-33(44)28-19-35-22(2)49-28/h8,10-11,14-15,19,25-27H,7,9,12-13,16-18,20-21H2,1-6H3,(H,36,42)(H,37,43)(H,38,44)/t25-,26-,27-,34+/m0/s1. The Balaban J connectivity index is 2.19. The number of methoxy groups -OCH3 is 2. The number of ether oxygens (including phenoxy) is 3. The maximum Gasteiger partial charge on any atom is 0.306 e. The van der Waals surface area contributed by atoms with Crippen LogP contribution >= 0.6 is 23.1 Å². The number of thiazole rings is 1. The summed E-state index contributed by atoms with van der Waals surface area (Å²) in [5.74, 6) is -2.31. The number of carbonyl (C=O) groups is 6. The highest BCUT2D eigenvalue weighted by Crippen LogP contribution is 2.22. The minimum atomic E-state index is -1.54. The lowest BCUT2D eigenvalue weighted by Crippen LogP contribution is -2.60. The largest absolute Gasteiger partial charge is 0.451 e. The van der Waals surface area contributed by atoms with Gasteiger partial charge in [0.05, 0.1) is 30.5 Å². The highest BCUT2D eigenvalue weighted by molar-refractivity contribution is 8.13. The number of unbranched alkanes of at least 4 members (excludes halogenated alkanes) is 2. The number of hydrogen-bond acceptors (Lipinski definition) is 12. The fraction of sp³-hybridized carbons (Fsp3) is 0.559. The van der Waals surface area contributed by atoms with Gasteiger partial charge in [0.1, 0.15) is 17.0 Å². The Hall–Kier alpha value is -3.66. The van der Waals surface area contributed by atoms with Crippen LogP contribution in [0, 0.1) is 6.92 Å². The summed E-state index contributed by atoms with van der Waals surface area (Å²) in [5, 5.41) is 8.69. The van der Waals surface area contributed by atoms with E-state index in [4.69, 9.17) is 14.2 Å². The Morgan fingerprint density at radius 2 is 1.51 bits per heavy atom. The molecule has 0 fully saturated rings. The molecule has 0 saturated carbocycles. The smallest absolute Gasteiger partial charge is 0.306 e. The predicted molar refractivity (Wildman–Crippen MR) is 187 cm³/mol. The first-order valence-electron chi connectivity index (χ1n) is 16.1. The summed E-state index contributed by atoms with van der Waals surface area (Å²) >= 11 is 2.41. The van der Waals surface area contributed by atoms with E-state index in [0.29, 0.717) is 22.1 Å². The van der Waals surface area contributed by atoms with Crippen LogP contribution < -0.4 is 16.0 Å². The zero-order chi connectivity index (χ0) is 36.4. The lowest BCUT2D eigenvalue weighted by molar-refractivity contribution is -0.167. The van der Waals surface area contributed by atoms with Crippen molar-refractivity contribution in [3.63, 3.8) is 0 Å². The van der Waals surface area contributed by atoms with Crippen molar-refractivity contribution in [2.75, 3.05) is 33.2 Å². The van der Waals surface area contributed by atoms with Gasteiger partial charge in [0.2, 0.25) is 11.8 Å². The summed E-state index contributed by atoms with van der Waals surface area (Å²) in [6.45, 7) is 6.09. The van der Waals surface area contributed by atoms with Gasteiger partial charge in [-0.25, -0.2) is 4.98 Å². The van der Waals surface area contributed by atoms with Crippen LogP contribution in [0.5, 0.6) is 0 Å². The summed E-state index contributed by atoms with van der Waals surface area (Å²) in [7, 11) is 2.73. The minimum absolute atomic E-state index is 0.0475. The van der Waals surface area contributed by atoms with Crippen molar-refractivity contribution in [2.24, 2.45) is 0 Å². The van der Waals surface area contributed by atoms with E-state index in [-0.39, 0.29) is 37.6 Å². The number of rotatable bonds is 22. The lowest BCUT2D eigenvalue weighted by Gasteiger charge is -2.32. The van der Waals surface area contributed by atoms with E-state index in [1.54, 1.807) is 26.0 Å². The zero-order valence-corrected chi connectivity index (χ0v) is 30.6. The number of carbonyl (C=O) groups excluding carboxylic acids is 6. The van der Waals surface area contributed by atoms with E-state index in [2.05, 4.69) is 20.9 Å². The topological polar surface area (TPSA) is 179 Å². The summed E-state index contributed by atoms with van der Waals surface area (Å²) in [5.41, 5.74) is -0.792. The van der Waals surface area contributed by atoms with Crippen molar-refractivity contribution >= 4 is 57.7 Å². The zero-order valence-electron chi connectivity index (χ0n) is 29.0. The molecular weight excluding hydrogens is 673 g/mol. The first-order chi connectivity index (χ1) is 23.3. The van der Waals surface area contributed by atoms with E-state index in [9.17, 15) is 28.8 Å². The fourth-order valence-electron chi connectivity index (χ4n) is 4.73. The number of hydrogen-bond donors (Lipinski definition) is 3. The van der Waals surface area contributed by atoms with Crippen molar-refractivity contribution in [1.29, 1.82) is 0 Å². The van der Waals surface area contributed by atoms with E-state index in [1.165, 1.54) is 57.4 Å². The third kappa shape index (κ3) is 14.4. The number of aryl methyl sites for hydroxylation is 1. The molecule has 1 heterocycles. The van der Waals surface area contributed by atoms with Crippen molar-refractivity contribution in [3.05, 3.63) is 52.0 Å². The van der Waals surface area contributed by atoms with Gasteiger partial charge in [0.25, 0.3) is 5.91 Å². The number of Topliss-reactive ketones (excluding diaryl/α,β-unsaturated/α-hetero) is 1. The summed E-state index contributed by atoms with van der Waals surface area (Å²) in [6.07, 6.45) is 3.80. The maximum absolute atomic E-state index is 14.1. The molecule has 1 aromatic carbocycles. The van der Waals surface area contributed by atoms with Crippen molar-refractivity contribution in [1.82, 2.24) is 20.9 Å². The highest BCUT2D eigenvalue weighted by Gasteiger charge is 2.41. The van der Waals surface area contributed by atoms with Gasteiger partial charge >= 0.3 is 5.97 Å². The van der Waals surface area contributed by atoms with Crippen LogP contribution in [0.15, 0.2) is 36.5 Å². The van der Waals surface area contributed by atoms with Gasteiger partial charge in [-0.15, -0.1) is 11.3 Å². The van der Waals surface area contributed by atoms with Gasteiger partial charge < -0.3 is 30.2 Å². The molecular formula is C34H48N4O9S2. The van der Waals surface area contributed by atoms with Crippen LogP contribution in [0.3, 0.4) is 0 Å². The number of aromatic nitrogens is 1. The van der Waals surface area contributed by atoms with Crippen LogP contribution in [-0.4, -0.2) is 96.5 Å². The number of nitrogens with one attached hydrogen (secondary N) is 3. The van der Waals surface area contributed by atoms with E-state index in [0.717, 1.165) is 18.4 Å². The second-order valence-corrected chi connectivity index (χ2v) is 14.1. The first-order valence-corrected chi connectivity index (χ1v) is 17.9. The van der Waals surface area contributed by atoms with E-state index in [1.807, 2.05) is 18.2 Å². The summed E-state index contributed by atoms with van der Waals surface area (Å²) in [6, 6.07) is 5.53. The molecule has 0 saturated heterocycles. The normalized spacial score (nSPS) is 14.1. The maximum atomic E-state index is 14.1. The van der Waals surface area contributed by atoms with Crippen LogP contribution in [-0.2, 0) is 44.6 Å². The number of amides is 3. The predicted octanol–water partition coefficient (Wildman–Crippen LogP) is 3.18. The Kier molecular flexibility index (Phi) is 18.2. The average Bonchev–Trinajstić information content (AvgIpc) is 3.51. The molecule has 0 unspecified atom stereocenters. The second kappa shape index (κ2) is 21.4. The quantitative estimate of drug-likeness (QED) is 0.120. The average molecular weight is 721 g/mol. The van der Waals surface area contributed by atoms with Gasteiger partial charge in [0, 0.05) is 33.3 Å². The van der Waals surface area contributed by atoms with E-state index >= 15 is 0 Å². The Morgan fingerprint density at radius 3 is 2.06 bits per heavy atom. The molecule has 1 aromatic heterocycles.